The third-order valence-electron chi connectivity index (χ3n) is 5.31. The number of rotatable bonds is 4. The molecule has 2 fully saturated rings. The van der Waals surface area contributed by atoms with Crippen molar-refractivity contribution in [1.29, 1.82) is 0 Å². The molecule has 0 N–H and O–H groups in total. The topological polar surface area (TPSA) is 23.6 Å². The van der Waals surface area contributed by atoms with Crippen molar-refractivity contribution in [2.75, 3.05) is 26.2 Å². The number of halogens is 4. The lowest BCUT2D eigenvalue weighted by Gasteiger charge is -2.32. The number of carbonyl (C=O) groups is 1. The lowest BCUT2D eigenvalue weighted by atomic mass is 10.1. The van der Waals surface area contributed by atoms with E-state index in [0.717, 1.165) is 44.6 Å². The van der Waals surface area contributed by atoms with E-state index in [1.165, 1.54) is 31.4 Å². The van der Waals surface area contributed by atoms with E-state index in [2.05, 4.69) is 4.90 Å². The summed E-state index contributed by atoms with van der Waals surface area (Å²) in [5, 5.41) is 0. The molecule has 27 heavy (non-hydrogen) atoms. The molecule has 2 heterocycles. The Morgan fingerprint density at radius 1 is 1.11 bits per heavy atom. The van der Waals surface area contributed by atoms with Crippen molar-refractivity contribution < 1.29 is 22.4 Å². The molecule has 0 bridgehead atoms. The average Bonchev–Trinajstić information content (AvgIpc) is 3.08. The highest BCUT2D eigenvalue weighted by Crippen LogP contribution is 2.30. The van der Waals surface area contributed by atoms with E-state index in [4.69, 9.17) is 0 Å². The zero-order valence-electron chi connectivity index (χ0n) is 15.1. The summed E-state index contributed by atoms with van der Waals surface area (Å²) in [6, 6.07) is 2.48. The van der Waals surface area contributed by atoms with Crippen molar-refractivity contribution in [3.05, 3.63) is 41.2 Å². The molecule has 0 saturated carbocycles. The van der Waals surface area contributed by atoms with Crippen LogP contribution in [0.5, 0.6) is 0 Å². The van der Waals surface area contributed by atoms with Crippen LogP contribution >= 0.6 is 0 Å². The third kappa shape index (κ3) is 5.09. The van der Waals surface area contributed by atoms with Gasteiger partial charge in [0.2, 0.25) is 5.91 Å². The summed E-state index contributed by atoms with van der Waals surface area (Å²) in [6.07, 6.45) is 3.45. The number of piperidine rings is 1. The van der Waals surface area contributed by atoms with E-state index in [0.29, 0.717) is 12.6 Å². The number of hydrogen-bond acceptors (Lipinski definition) is 2. The molecule has 0 aliphatic carbocycles. The number of carbonyl (C=O) groups excluding carboxylic acids is 1. The first kappa shape index (κ1) is 19.9. The Labute approximate surface area is 156 Å². The Kier molecular flexibility index (Phi) is 6.19. The number of nitrogens with zero attached hydrogens (tertiary/aromatic N) is 2. The molecule has 3 rings (SSSR count). The van der Waals surface area contributed by atoms with Crippen molar-refractivity contribution >= 4 is 12.0 Å². The van der Waals surface area contributed by atoms with Gasteiger partial charge in [-0.25, -0.2) is 4.39 Å². The summed E-state index contributed by atoms with van der Waals surface area (Å²) < 4.78 is 51.7. The van der Waals surface area contributed by atoms with Crippen LogP contribution in [0.4, 0.5) is 17.6 Å². The molecule has 3 nitrogen and oxygen atoms in total. The molecular weight excluding hydrogens is 360 g/mol. The molecule has 148 valence electrons. The molecule has 0 spiro atoms. The molecule has 2 saturated heterocycles. The summed E-state index contributed by atoms with van der Waals surface area (Å²) in [5.74, 6) is -1.20. The SMILES string of the molecule is O=C(/C=C/c1ccc(C(F)(F)F)cc1F)N1CCCC1CN1CCCCC1. The number of benzene rings is 1. The van der Waals surface area contributed by atoms with Crippen LogP contribution in [0.15, 0.2) is 24.3 Å². The second-order valence-electron chi connectivity index (χ2n) is 7.26. The van der Waals surface area contributed by atoms with Crippen LogP contribution in [0.3, 0.4) is 0 Å². The number of likely N-dealkylation sites (tertiary alicyclic amines) is 2. The zero-order chi connectivity index (χ0) is 19.4. The Bertz CT molecular complexity index is 696. The largest absolute Gasteiger partial charge is 0.416 e. The normalized spacial score (nSPS) is 21.9. The predicted octanol–water partition coefficient (Wildman–Crippen LogP) is 4.33. The number of amides is 1. The summed E-state index contributed by atoms with van der Waals surface area (Å²) in [7, 11) is 0. The predicted molar refractivity (Wildman–Crippen MR) is 95.5 cm³/mol. The van der Waals surface area contributed by atoms with E-state index in [-0.39, 0.29) is 17.5 Å². The molecule has 2 aliphatic heterocycles. The van der Waals surface area contributed by atoms with Crippen LogP contribution in [0, 0.1) is 5.82 Å². The minimum absolute atomic E-state index is 0.0249. The summed E-state index contributed by atoms with van der Waals surface area (Å²) in [5.41, 5.74) is -1.06. The second-order valence-corrected chi connectivity index (χ2v) is 7.26. The van der Waals surface area contributed by atoms with Crippen molar-refractivity contribution in [3.8, 4) is 0 Å². The van der Waals surface area contributed by atoms with Gasteiger partial charge in [-0.2, -0.15) is 13.2 Å². The zero-order valence-corrected chi connectivity index (χ0v) is 15.1. The molecule has 0 aromatic heterocycles. The van der Waals surface area contributed by atoms with Gasteiger partial charge in [0.25, 0.3) is 0 Å². The third-order valence-corrected chi connectivity index (χ3v) is 5.31. The van der Waals surface area contributed by atoms with Crippen LogP contribution < -0.4 is 0 Å². The van der Waals surface area contributed by atoms with Gasteiger partial charge < -0.3 is 9.80 Å². The molecule has 1 aromatic carbocycles. The van der Waals surface area contributed by atoms with Gasteiger partial charge in [-0.15, -0.1) is 0 Å². The highest BCUT2D eigenvalue weighted by atomic mass is 19.4. The number of alkyl halides is 3. The monoisotopic (exact) mass is 384 g/mol. The van der Waals surface area contributed by atoms with Crippen molar-refractivity contribution in [1.82, 2.24) is 9.80 Å². The molecule has 1 unspecified atom stereocenters. The van der Waals surface area contributed by atoms with Gasteiger partial charge in [-0.3, -0.25) is 4.79 Å². The fourth-order valence-electron chi connectivity index (χ4n) is 3.85. The second kappa shape index (κ2) is 8.42. The van der Waals surface area contributed by atoms with E-state index < -0.39 is 17.6 Å². The van der Waals surface area contributed by atoms with Gasteiger partial charge in [0.05, 0.1) is 5.56 Å². The van der Waals surface area contributed by atoms with Crippen LogP contribution in [-0.4, -0.2) is 47.9 Å². The maximum Gasteiger partial charge on any atom is 0.416 e. The smallest absolute Gasteiger partial charge is 0.335 e. The van der Waals surface area contributed by atoms with Gasteiger partial charge in [-0.1, -0.05) is 12.5 Å². The van der Waals surface area contributed by atoms with Gasteiger partial charge >= 0.3 is 6.18 Å². The maximum atomic E-state index is 13.9. The van der Waals surface area contributed by atoms with Crippen molar-refractivity contribution in [3.63, 3.8) is 0 Å². The standard InChI is InChI=1S/C20H24F4N2O/c21-18-13-16(20(22,23)24)8-6-15(18)7-9-19(27)26-12-4-5-17(26)14-25-10-2-1-3-11-25/h6-9,13,17H,1-5,10-12,14H2/b9-7+. The summed E-state index contributed by atoms with van der Waals surface area (Å²) in [6.45, 7) is 3.64. The molecular formula is C20H24F4N2O. The highest BCUT2D eigenvalue weighted by molar-refractivity contribution is 5.92. The molecule has 7 heteroatoms. The van der Waals surface area contributed by atoms with Gasteiger partial charge in [0.1, 0.15) is 5.82 Å². The van der Waals surface area contributed by atoms with Crippen molar-refractivity contribution in [2.45, 2.75) is 44.3 Å². The average molecular weight is 384 g/mol. The summed E-state index contributed by atoms with van der Waals surface area (Å²) in [4.78, 5) is 16.7. The van der Waals surface area contributed by atoms with E-state index in [9.17, 15) is 22.4 Å². The van der Waals surface area contributed by atoms with Crippen LogP contribution in [-0.2, 0) is 11.0 Å². The maximum absolute atomic E-state index is 13.9. The fraction of sp³-hybridized carbons (Fsp3) is 0.550. The quantitative estimate of drug-likeness (QED) is 0.570. The Morgan fingerprint density at radius 3 is 2.52 bits per heavy atom. The molecule has 1 amide bonds. The van der Waals surface area contributed by atoms with E-state index >= 15 is 0 Å². The van der Waals surface area contributed by atoms with Crippen LogP contribution in [0.2, 0.25) is 0 Å². The molecule has 1 aromatic rings. The van der Waals surface area contributed by atoms with Crippen molar-refractivity contribution in [2.24, 2.45) is 0 Å². The van der Waals surface area contributed by atoms with Crippen LogP contribution in [0.25, 0.3) is 6.08 Å². The minimum atomic E-state index is -4.59. The Balaban J connectivity index is 1.63. The Hall–Kier alpha value is -1.89. The van der Waals surface area contributed by atoms with Gasteiger partial charge in [0, 0.05) is 30.8 Å². The van der Waals surface area contributed by atoms with E-state index in [1.807, 2.05) is 0 Å². The first-order valence-electron chi connectivity index (χ1n) is 9.42. The Morgan fingerprint density at radius 2 is 1.85 bits per heavy atom. The fourth-order valence-corrected chi connectivity index (χ4v) is 3.85. The lowest BCUT2D eigenvalue weighted by Crippen LogP contribution is -2.44. The first-order chi connectivity index (χ1) is 12.8. The van der Waals surface area contributed by atoms with Crippen LogP contribution in [0.1, 0.15) is 43.2 Å². The lowest BCUT2D eigenvalue weighted by molar-refractivity contribution is -0.137. The minimum Gasteiger partial charge on any atom is -0.335 e. The molecule has 2 aliphatic rings. The van der Waals surface area contributed by atoms with Gasteiger partial charge in [-0.05, 0) is 57.0 Å². The number of hydrogen-bond donors (Lipinski definition) is 0. The van der Waals surface area contributed by atoms with E-state index in [1.54, 1.807) is 4.90 Å². The molecule has 1 atom stereocenters. The molecule has 0 radical (unpaired) electrons. The van der Waals surface area contributed by atoms with Gasteiger partial charge in [0.15, 0.2) is 0 Å². The summed E-state index contributed by atoms with van der Waals surface area (Å²) >= 11 is 0. The first-order valence-corrected chi connectivity index (χ1v) is 9.42. The highest BCUT2D eigenvalue weighted by Gasteiger charge is 2.31.